The highest BCUT2D eigenvalue weighted by molar-refractivity contribution is 7.99. The van der Waals surface area contributed by atoms with Gasteiger partial charge < -0.3 is 5.32 Å². The van der Waals surface area contributed by atoms with Crippen molar-refractivity contribution in [3.63, 3.8) is 0 Å². The van der Waals surface area contributed by atoms with Gasteiger partial charge in [-0.15, -0.1) is 16.8 Å². The van der Waals surface area contributed by atoms with Gasteiger partial charge >= 0.3 is 6.03 Å². The SMILES string of the molecule is C=CCNC(=O)NC(=O)CSc1nnc(C2CC2)n1-c1ccccc1. The molecule has 25 heavy (non-hydrogen) atoms. The second kappa shape index (κ2) is 7.98. The Kier molecular flexibility index (Phi) is 5.49. The van der Waals surface area contributed by atoms with E-state index >= 15 is 0 Å². The van der Waals surface area contributed by atoms with E-state index in [9.17, 15) is 9.59 Å². The number of hydrogen-bond acceptors (Lipinski definition) is 5. The van der Waals surface area contributed by atoms with Crippen molar-refractivity contribution >= 4 is 23.7 Å². The average Bonchev–Trinajstić information content (AvgIpc) is 3.38. The van der Waals surface area contributed by atoms with Gasteiger partial charge in [-0.1, -0.05) is 36.0 Å². The number of carbonyl (C=O) groups excluding carboxylic acids is 2. The topological polar surface area (TPSA) is 88.9 Å². The summed E-state index contributed by atoms with van der Waals surface area (Å²) in [5.74, 6) is 1.05. The first-order chi connectivity index (χ1) is 12.2. The van der Waals surface area contributed by atoms with Gasteiger partial charge in [-0.25, -0.2) is 4.79 Å². The van der Waals surface area contributed by atoms with Gasteiger partial charge in [0, 0.05) is 18.2 Å². The van der Waals surface area contributed by atoms with Crippen LogP contribution in [0.1, 0.15) is 24.6 Å². The van der Waals surface area contributed by atoms with Gasteiger partial charge in [0.2, 0.25) is 5.91 Å². The second-order valence-corrected chi connectivity index (χ2v) is 6.56. The van der Waals surface area contributed by atoms with Crippen LogP contribution in [0.3, 0.4) is 0 Å². The van der Waals surface area contributed by atoms with Crippen LogP contribution in [0.2, 0.25) is 0 Å². The van der Waals surface area contributed by atoms with E-state index in [-0.39, 0.29) is 11.7 Å². The third-order valence-electron chi connectivity index (χ3n) is 3.61. The third kappa shape index (κ3) is 4.48. The highest BCUT2D eigenvalue weighted by Crippen LogP contribution is 2.41. The first-order valence-electron chi connectivity index (χ1n) is 8.01. The number of nitrogens with one attached hydrogen (secondary N) is 2. The molecule has 0 saturated heterocycles. The number of aromatic nitrogens is 3. The van der Waals surface area contributed by atoms with Crippen LogP contribution in [0, 0.1) is 0 Å². The summed E-state index contributed by atoms with van der Waals surface area (Å²) in [6.45, 7) is 3.80. The van der Waals surface area contributed by atoms with Gasteiger partial charge in [-0.2, -0.15) is 0 Å². The van der Waals surface area contributed by atoms with Gasteiger partial charge in [0.05, 0.1) is 5.75 Å². The van der Waals surface area contributed by atoms with Gasteiger partial charge in [0.1, 0.15) is 5.82 Å². The lowest BCUT2D eigenvalue weighted by molar-refractivity contribution is -0.117. The average molecular weight is 357 g/mol. The summed E-state index contributed by atoms with van der Waals surface area (Å²) in [5, 5.41) is 14.0. The van der Waals surface area contributed by atoms with Gasteiger partial charge in [0.25, 0.3) is 0 Å². The molecule has 1 saturated carbocycles. The molecule has 1 aliphatic carbocycles. The lowest BCUT2D eigenvalue weighted by atomic mass is 10.3. The van der Waals surface area contributed by atoms with Crippen molar-refractivity contribution in [1.82, 2.24) is 25.4 Å². The molecule has 1 aliphatic rings. The van der Waals surface area contributed by atoms with Crippen LogP contribution in [0.25, 0.3) is 5.69 Å². The van der Waals surface area contributed by atoms with Crippen LogP contribution >= 0.6 is 11.8 Å². The van der Waals surface area contributed by atoms with E-state index in [1.165, 1.54) is 11.8 Å². The Hall–Kier alpha value is -2.61. The molecule has 7 nitrogen and oxygen atoms in total. The Morgan fingerprint density at radius 3 is 2.72 bits per heavy atom. The minimum atomic E-state index is -0.534. The third-order valence-corrected chi connectivity index (χ3v) is 4.54. The monoisotopic (exact) mass is 357 g/mol. The summed E-state index contributed by atoms with van der Waals surface area (Å²) in [4.78, 5) is 23.4. The predicted molar refractivity (Wildman–Crippen MR) is 95.8 cm³/mol. The zero-order chi connectivity index (χ0) is 17.6. The molecule has 3 rings (SSSR count). The summed E-state index contributed by atoms with van der Waals surface area (Å²) in [6, 6.07) is 9.30. The summed E-state index contributed by atoms with van der Waals surface area (Å²) in [6.07, 6.45) is 3.76. The number of nitrogens with zero attached hydrogens (tertiary/aromatic N) is 3. The van der Waals surface area contributed by atoms with E-state index in [0.29, 0.717) is 17.6 Å². The van der Waals surface area contributed by atoms with Crippen molar-refractivity contribution in [2.75, 3.05) is 12.3 Å². The minimum absolute atomic E-state index is 0.0805. The van der Waals surface area contributed by atoms with Crippen molar-refractivity contribution in [3.05, 3.63) is 48.8 Å². The lowest BCUT2D eigenvalue weighted by Crippen LogP contribution is -2.40. The molecule has 0 unspecified atom stereocenters. The molecule has 1 aromatic heterocycles. The van der Waals surface area contributed by atoms with Crippen LogP contribution in [-0.4, -0.2) is 39.0 Å². The molecule has 0 atom stereocenters. The summed E-state index contributed by atoms with van der Waals surface area (Å²) in [7, 11) is 0. The predicted octanol–water partition coefficient (Wildman–Crippen LogP) is 2.25. The van der Waals surface area contributed by atoms with E-state index < -0.39 is 6.03 Å². The molecule has 8 heteroatoms. The summed E-state index contributed by atoms with van der Waals surface area (Å²) in [5.41, 5.74) is 0.973. The Bertz CT molecular complexity index is 771. The first-order valence-corrected chi connectivity index (χ1v) is 8.99. The number of imide groups is 1. The fraction of sp³-hybridized carbons (Fsp3) is 0.294. The quantitative estimate of drug-likeness (QED) is 0.586. The molecule has 2 N–H and O–H groups in total. The minimum Gasteiger partial charge on any atom is -0.334 e. The normalized spacial score (nSPS) is 13.3. The van der Waals surface area contributed by atoms with Crippen molar-refractivity contribution in [1.29, 1.82) is 0 Å². The molecule has 3 amide bonds. The number of amides is 3. The highest BCUT2D eigenvalue weighted by Gasteiger charge is 2.31. The zero-order valence-electron chi connectivity index (χ0n) is 13.6. The van der Waals surface area contributed by atoms with Crippen molar-refractivity contribution in [3.8, 4) is 5.69 Å². The number of carbonyl (C=O) groups is 2. The van der Waals surface area contributed by atoms with Crippen LogP contribution in [0.15, 0.2) is 48.1 Å². The fourth-order valence-electron chi connectivity index (χ4n) is 2.30. The largest absolute Gasteiger partial charge is 0.334 e. The Morgan fingerprint density at radius 2 is 2.04 bits per heavy atom. The van der Waals surface area contributed by atoms with Crippen LogP contribution in [0.4, 0.5) is 4.79 Å². The van der Waals surface area contributed by atoms with E-state index in [1.807, 2.05) is 34.9 Å². The van der Waals surface area contributed by atoms with Crippen LogP contribution in [-0.2, 0) is 4.79 Å². The lowest BCUT2D eigenvalue weighted by Gasteiger charge is -2.09. The molecule has 1 heterocycles. The number of hydrogen-bond donors (Lipinski definition) is 2. The molecule has 0 radical (unpaired) electrons. The molecular formula is C17H19N5O2S. The maximum Gasteiger partial charge on any atom is 0.321 e. The maximum absolute atomic E-state index is 11.9. The van der Waals surface area contributed by atoms with Crippen LogP contribution in [0.5, 0.6) is 0 Å². The number of urea groups is 1. The number of rotatable bonds is 7. The molecule has 2 aromatic rings. The van der Waals surface area contributed by atoms with Crippen LogP contribution < -0.4 is 10.6 Å². The van der Waals surface area contributed by atoms with E-state index in [1.54, 1.807) is 6.08 Å². The van der Waals surface area contributed by atoms with E-state index in [2.05, 4.69) is 27.4 Å². The maximum atomic E-state index is 11.9. The first kappa shape index (κ1) is 17.2. The molecular weight excluding hydrogens is 338 g/mol. The van der Waals surface area contributed by atoms with Crippen molar-refractivity contribution in [2.45, 2.75) is 23.9 Å². The summed E-state index contributed by atoms with van der Waals surface area (Å²) < 4.78 is 1.99. The Balaban J connectivity index is 1.68. The Morgan fingerprint density at radius 1 is 1.28 bits per heavy atom. The standard InChI is InChI=1S/C17H19N5O2S/c1-2-10-18-16(24)19-14(23)11-25-17-21-20-15(12-8-9-12)22(17)13-6-4-3-5-7-13/h2-7,12H,1,8-11H2,(H2,18,19,23,24). The number of para-hydroxylation sites is 1. The molecule has 0 bridgehead atoms. The molecule has 1 fully saturated rings. The molecule has 0 aliphatic heterocycles. The smallest absolute Gasteiger partial charge is 0.321 e. The van der Waals surface area contributed by atoms with Crippen molar-refractivity contribution in [2.24, 2.45) is 0 Å². The van der Waals surface area contributed by atoms with Crippen molar-refractivity contribution < 1.29 is 9.59 Å². The number of thioether (sulfide) groups is 1. The van der Waals surface area contributed by atoms with Gasteiger partial charge in [-0.3, -0.25) is 14.7 Å². The summed E-state index contributed by atoms with van der Waals surface area (Å²) >= 11 is 1.26. The molecule has 130 valence electrons. The molecule has 0 spiro atoms. The van der Waals surface area contributed by atoms with Gasteiger partial charge in [0.15, 0.2) is 5.16 Å². The highest BCUT2D eigenvalue weighted by atomic mass is 32.2. The van der Waals surface area contributed by atoms with E-state index in [4.69, 9.17) is 0 Å². The molecule has 1 aromatic carbocycles. The zero-order valence-corrected chi connectivity index (χ0v) is 14.5. The number of benzene rings is 1. The van der Waals surface area contributed by atoms with Gasteiger partial charge in [-0.05, 0) is 25.0 Å². The Labute approximate surface area is 149 Å². The second-order valence-electron chi connectivity index (χ2n) is 5.62. The fourth-order valence-corrected chi connectivity index (χ4v) is 3.06. The van der Waals surface area contributed by atoms with E-state index in [0.717, 1.165) is 24.4 Å².